The summed E-state index contributed by atoms with van der Waals surface area (Å²) in [6, 6.07) is 12.4. The van der Waals surface area contributed by atoms with Crippen LogP contribution >= 0.6 is 11.6 Å². The number of ether oxygens (including phenoxy) is 1. The van der Waals surface area contributed by atoms with Gasteiger partial charge < -0.3 is 9.64 Å². The standard InChI is InChI=1S/C15H15ClFNO/c1-18(12-6-8-13(19-2)9-7-12)15-11(10-16)4-3-5-14(15)17/h3-9H,10H2,1-2H3. The van der Waals surface area contributed by atoms with Gasteiger partial charge in [-0.3, -0.25) is 0 Å². The first kappa shape index (κ1) is 13.7. The Kier molecular flexibility index (Phi) is 4.27. The summed E-state index contributed by atoms with van der Waals surface area (Å²) in [6.45, 7) is 0. The minimum absolute atomic E-state index is 0.271. The van der Waals surface area contributed by atoms with Crippen LogP contribution in [0, 0.1) is 5.82 Å². The van der Waals surface area contributed by atoms with Crippen molar-refractivity contribution < 1.29 is 9.13 Å². The van der Waals surface area contributed by atoms with Crippen molar-refractivity contribution in [3.8, 4) is 5.75 Å². The Labute approximate surface area is 117 Å². The molecule has 0 fully saturated rings. The zero-order valence-electron chi connectivity index (χ0n) is 10.9. The van der Waals surface area contributed by atoms with Gasteiger partial charge in [0.1, 0.15) is 11.6 Å². The Balaban J connectivity index is 2.40. The lowest BCUT2D eigenvalue weighted by atomic mass is 10.1. The van der Waals surface area contributed by atoms with E-state index in [1.54, 1.807) is 18.1 Å². The van der Waals surface area contributed by atoms with Gasteiger partial charge in [-0.05, 0) is 35.9 Å². The summed E-state index contributed by atoms with van der Waals surface area (Å²) in [6.07, 6.45) is 0. The van der Waals surface area contributed by atoms with Crippen LogP contribution in [0.4, 0.5) is 15.8 Å². The number of benzene rings is 2. The molecule has 0 aliphatic carbocycles. The molecule has 0 bridgehead atoms. The predicted molar refractivity (Wildman–Crippen MR) is 77.0 cm³/mol. The molecule has 0 saturated heterocycles. The second-order valence-corrected chi connectivity index (χ2v) is 4.41. The third kappa shape index (κ3) is 2.82. The number of para-hydroxylation sites is 1. The van der Waals surface area contributed by atoms with Crippen molar-refractivity contribution in [2.75, 3.05) is 19.1 Å². The molecule has 0 spiro atoms. The highest BCUT2D eigenvalue weighted by Crippen LogP contribution is 2.31. The number of hydrogen-bond donors (Lipinski definition) is 0. The molecule has 0 unspecified atom stereocenters. The lowest BCUT2D eigenvalue weighted by Gasteiger charge is -2.22. The van der Waals surface area contributed by atoms with Gasteiger partial charge in [0.25, 0.3) is 0 Å². The molecule has 2 aromatic rings. The third-order valence-electron chi connectivity index (χ3n) is 3.01. The Bertz CT molecular complexity index is 557. The molecule has 0 aliphatic heterocycles. The quantitative estimate of drug-likeness (QED) is 0.772. The molecule has 4 heteroatoms. The van der Waals surface area contributed by atoms with E-state index in [4.69, 9.17) is 16.3 Å². The maximum absolute atomic E-state index is 14.0. The molecule has 2 rings (SSSR count). The van der Waals surface area contributed by atoms with Crippen LogP contribution in [0.15, 0.2) is 42.5 Å². The van der Waals surface area contributed by atoms with E-state index in [1.807, 2.05) is 37.4 Å². The molecule has 0 saturated carbocycles. The molecular formula is C15H15ClFNO. The molecule has 0 aromatic heterocycles. The Morgan fingerprint density at radius 2 is 1.84 bits per heavy atom. The van der Waals surface area contributed by atoms with Crippen molar-refractivity contribution >= 4 is 23.0 Å². The molecular weight excluding hydrogens is 265 g/mol. The zero-order valence-corrected chi connectivity index (χ0v) is 11.6. The molecule has 19 heavy (non-hydrogen) atoms. The summed E-state index contributed by atoms with van der Waals surface area (Å²) in [4.78, 5) is 1.78. The molecule has 0 heterocycles. The van der Waals surface area contributed by atoms with Crippen LogP contribution < -0.4 is 9.64 Å². The maximum Gasteiger partial charge on any atom is 0.147 e. The van der Waals surface area contributed by atoms with E-state index in [0.29, 0.717) is 5.69 Å². The second-order valence-electron chi connectivity index (χ2n) is 4.14. The molecule has 0 aliphatic rings. The number of methoxy groups -OCH3 is 1. The number of anilines is 2. The van der Waals surface area contributed by atoms with Crippen LogP contribution in [-0.4, -0.2) is 14.2 Å². The van der Waals surface area contributed by atoms with Gasteiger partial charge in [-0.1, -0.05) is 12.1 Å². The van der Waals surface area contributed by atoms with Crippen LogP contribution in [0.25, 0.3) is 0 Å². The first-order chi connectivity index (χ1) is 9.17. The van der Waals surface area contributed by atoms with Crippen molar-refractivity contribution in [1.29, 1.82) is 0 Å². The fourth-order valence-corrected chi connectivity index (χ4v) is 2.19. The van der Waals surface area contributed by atoms with Gasteiger partial charge in [0.05, 0.1) is 12.8 Å². The van der Waals surface area contributed by atoms with Gasteiger partial charge in [0, 0.05) is 18.6 Å². The van der Waals surface area contributed by atoms with Crippen molar-refractivity contribution in [3.63, 3.8) is 0 Å². The number of rotatable bonds is 4. The van der Waals surface area contributed by atoms with E-state index in [-0.39, 0.29) is 11.7 Å². The fourth-order valence-electron chi connectivity index (χ4n) is 1.98. The number of hydrogen-bond acceptors (Lipinski definition) is 2. The van der Waals surface area contributed by atoms with Gasteiger partial charge in [-0.25, -0.2) is 4.39 Å². The topological polar surface area (TPSA) is 12.5 Å². The van der Waals surface area contributed by atoms with Gasteiger partial charge >= 0.3 is 0 Å². The lowest BCUT2D eigenvalue weighted by Crippen LogP contribution is -2.13. The molecule has 2 aromatic carbocycles. The highest BCUT2D eigenvalue weighted by Gasteiger charge is 2.13. The van der Waals surface area contributed by atoms with Crippen LogP contribution in [0.2, 0.25) is 0 Å². The van der Waals surface area contributed by atoms with E-state index < -0.39 is 0 Å². The van der Waals surface area contributed by atoms with Crippen molar-refractivity contribution in [3.05, 3.63) is 53.8 Å². The maximum atomic E-state index is 14.0. The lowest BCUT2D eigenvalue weighted by molar-refractivity contribution is 0.415. The average Bonchev–Trinajstić information content (AvgIpc) is 2.46. The monoisotopic (exact) mass is 279 g/mol. The SMILES string of the molecule is COc1ccc(N(C)c2c(F)cccc2CCl)cc1. The van der Waals surface area contributed by atoms with E-state index in [0.717, 1.165) is 17.0 Å². The van der Waals surface area contributed by atoms with Gasteiger partial charge in [-0.2, -0.15) is 0 Å². The summed E-state index contributed by atoms with van der Waals surface area (Å²) in [5.41, 5.74) is 2.14. The van der Waals surface area contributed by atoms with Crippen LogP contribution in [0.3, 0.4) is 0 Å². The summed E-state index contributed by atoms with van der Waals surface area (Å²) >= 11 is 5.87. The molecule has 100 valence electrons. The predicted octanol–water partition coefficient (Wildman–Crippen LogP) is 4.34. The highest BCUT2D eigenvalue weighted by molar-refractivity contribution is 6.17. The molecule has 0 radical (unpaired) electrons. The summed E-state index contributed by atoms with van der Waals surface area (Å²) in [7, 11) is 3.43. The summed E-state index contributed by atoms with van der Waals surface area (Å²) in [5.74, 6) is 0.757. The third-order valence-corrected chi connectivity index (χ3v) is 3.30. The number of halogens is 2. The van der Waals surface area contributed by atoms with E-state index in [2.05, 4.69) is 0 Å². The van der Waals surface area contributed by atoms with E-state index in [1.165, 1.54) is 6.07 Å². The average molecular weight is 280 g/mol. The Morgan fingerprint density at radius 1 is 1.16 bits per heavy atom. The van der Waals surface area contributed by atoms with Gasteiger partial charge in [0.15, 0.2) is 0 Å². The number of alkyl halides is 1. The highest BCUT2D eigenvalue weighted by atomic mass is 35.5. The Morgan fingerprint density at radius 3 is 2.42 bits per heavy atom. The molecule has 2 nitrogen and oxygen atoms in total. The van der Waals surface area contributed by atoms with Crippen molar-refractivity contribution in [1.82, 2.24) is 0 Å². The van der Waals surface area contributed by atoms with Crippen molar-refractivity contribution in [2.24, 2.45) is 0 Å². The minimum Gasteiger partial charge on any atom is -0.497 e. The van der Waals surface area contributed by atoms with Crippen LogP contribution in [0.1, 0.15) is 5.56 Å². The second kappa shape index (κ2) is 5.93. The van der Waals surface area contributed by atoms with Crippen LogP contribution in [0.5, 0.6) is 5.75 Å². The van der Waals surface area contributed by atoms with E-state index in [9.17, 15) is 4.39 Å². The first-order valence-corrected chi connectivity index (χ1v) is 6.42. The first-order valence-electron chi connectivity index (χ1n) is 5.88. The van der Waals surface area contributed by atoms with Gasteiger partial charge in [0.2, 0.25) is 0 Å². The Hall–Kier alpha value is -1.74. The normalized spacial score (nSPS) is 10.3. The minimum atomic E-state index is -0.281. The largest absolute Gasteiger partial charge is 0.497 e. The summed E-state index contributed by atoms with van der Waals surface area (Å²) in [5, 5.41) is 0. The molecule has 0 N–H and O–H groups in total. The van der Waals surface area contributed by atoms with E-state index >= 15 is 0 Å². The zero-order chi connectivity index (χ0) is 13.8. The number of nitrogens with zero attached hydrogens (tertiary/aromatic N) is 1. The smallest absolute Gasteiger partial charge is 0.147 e. The summed E-state index contributed by atoms with van der Waals surface area (Å²) < 4.78 is 19.1. The fraction of sp³-hybridized carbons (Fsp3) is 0.200. The van der Waals surface area contributed by atoms with Gasteiger partial charge in [-0.15, -0.1) is 11.6 Å². The van der Waals surface area contributed by atoms with Crippen molar-refractivity contribution in [2.45, 2.75) is 5.88 Å². The molecule has 0 amide bonds. The van der Waals surface area contributed by atoms with Crippen LogP contribution in [-0.2, 0) is 5.88 Å². The molecule has 0 atom stereocenters.